The van der Waals surface area contributed by atoms with Gasteiger partial charge in [0.25, 0.3) is 0 Å². The Labute approximate surface area is 98.3 Å². The lowest BCUT2D eigenvalue weighted by Gasteiger charge is -2.14. The lowest BCUT2D eigenvalue weighted by atomic mass is 10.1. The molecule has 0 aliphatic rings. The van der Waals surface area contributed by atoms with Crippen LogP contribution in [-0.4, -0.2) is 17.0 Å². The minimum atomic E-state index is -0.945. The number of carbonyl (C=O) groups excluding carboxylic acids is 1. The highest BCUT2D eigenvalue weighted by Crippen LogP contribution is 2.21. The third-order valence-electron chi connectivity index (χ3n) is 2.20. The van der Waals surface area contributed by atoms with Crippen molar-refractivity contribution in [3.05, 3.63) is 22.4 Å². The van der Waals surface area contributed by atoms with E-state index in [2.05, 4.69) is 5.32 Å². The summed E-state index contributed by atoms with van der Waals surface area (Å²) in [5, 5.41) is 13.3. The molecular weight excluding hydrogens is 226 g/mol. The molecule has 0 aliphatic carbocycles. The summed E-state index contributed by atoms with van der Waals surface area (Å²) >= 11 is 1.59. The number of nitrogens with one attached hydrogen (secondary N) is 1. The Morgan fingerprint density at radius 1 is 1.50 bits per heavy atom. The molecule has 0 saturated carbocycles. The summed E-state index contributed by atoms with van der Waals surface area (Å²) in [5.74, 6) is -1.15. The van der Waals surface area contributed by atoms with E-state index in [4.69, 9.17) is 5.11 Å². The highest BCUT2D eigenvalue weighted by atomic mass is 32.1. The first-order valence-electron chi connectivity index (χ1n) is 5.18. The van der Waals surface area contributed by atoms with Crippen molar-refractivity contribution in [3.8, 4) is 0 Å². The normalized spacial score (nSPS) is 12.1. The van der Waals surface area contributed by atoms with Crippen molar-refractivity contribution < 1.29 is 14.7 Å². The van der Waals surface area contributed by atoms with Crippen LogP contribution in [-0.2, 0) is 9.59 Å². The molecule has 1 amide bonds. The van der Waals surface area contributed by atoms with E-state index >= 15 is 0 Å². The van der Waals surface area contributed by atoms with E-state index in [1.807, 2.05) is 24.4 Å². The van der Waals surface area contributed by atoms with Gasteiger partial charge in [-0.15, -0.1) is 11.3 Å². The molecule has 0 radical (unpaired) electrons. The Hall–Kier alpha value is -1.36. The third-order valence-corrected chi connectivity index (χ3v) is 3.18. The molecule has 4 nitrogen and oxygen atoms in total. The van der Waals surface area contributed by atoms with E-state index in [9.17, 15) is 9.59 Å². The quantitative estimate of drug-likeness (QED) is 0.802. The van der Waals surface area contributed by atoms with Gasteiger partial charge in [0, 0.05) is 11.3 Å². The average Bonchev–Trinajstić information content (AvgIpc) is 2.76. The summed E-state index contributed by atoms with van der Waals surface area (Å²) in [6.45, 7) is 1.99. The van der Waals surface area contributed by atoms with Crippen molar-refractivity contribution in [1.82, 2.24) is 5.32 Å². The minimum absolute atomic E-state index is 0.00120. The highest BCUT2D eigenvalue weighted by molar-refractivity contribution is 7.10. The molecule has 5 heteroatoms. The second-order valence-corrected chi connectivity index (χ2v) is 4.42. The molecule has 0 aromatic carbocycles. The molecule has 2 N–H and O–H groups in total. The molecule has 1 aromatic rings. The zero-order valence-electron chi connectivity index (χ0n) is 9.10. The standard InChI is InChI=1S/C11H15NO3S/c1-2-8(9-4-3-7-16-9)12-10(13)5-6-11(14)15/h3-4,7-8H,2,5-6H2,1H3,(H,12,13)(H,14,15). The molecule has 0 bridgehead atoms. The predicted octanol–water partition coefficient (Wildman–Crippen LogP) is 2.18. The molecular formula is C11H15NO3S. The van der Waals surface area contributed by atoms with Gasteiger partial charge in [0.05, 0.1) is 12.5 Å². The number of amides is 1. The number of hydrogen-bond acceptors (Lipinski definition) is 3. The van der Waals surface area contributed by atoms with Gasteiger partial charge in [-0.3, -0.25) is 9.59 Å². The van der Waals surface area contributed by atoms with Gasteiger partial charge in [-0.25, -0.2) is 0 Å². The molecule has 0 spiro atoms. The van der Waals surface area contributed by atoms with E-state index in [1.165, 1.54) is 0 Å². The van der Waals surface area contributed by atoms with E-state index in [-0.39, 0.29) is 24.8 Å². The monoisotopic (exact) mass is 241 g/mol. The van der Waals surface area contributed by atoms with Crippen LogP contribution in [0.3, 0.4) is 0 Å². The molecule has 0 fully saturated rings. The summed E-state index contributed by atoms with van der Waals surface area (Å²) in [6.07, 6.45) is 0.725. The van der Waals surface area contributed by atoms with Crippen LogP contribution in [0.5, 0.6) is 0 Å². The molecule has 16 heavy (non-hydrogen) atoms. The first-order chi connectivity index (χ1) is 7.63. The van der Waals surface area contributed by atoms with Crippen molar-refractivity contribution in [3.63, 3.8) is 0 Å². The highest BCUT2D eigenvalue weighted by Gasteiger charge is 2.13. The van der Waals surface area contributed by atoms with Gasteiger partial charge in [0.1, 0.15) is 0 Å². The molecule has 0 saturated heterocycles. The van der Waals surface area contributed by atoms with Crippen LogP contribution in [0.1, 0.15) is 37.1 Å². The lowest BCUT2D eigenvalue weighted by molar-refractivity contribution is -0.138. The number of thiophene rings is 1. The predicted molar refractivity (Wildman–Crippen MR) is 62.4 cm³/mol. The Kier molecular flexibility index (Phi) is 4.98. The van der Waals surface area contributed by atoms with E-state index in [0.717, 1.165) is 11.3 Å². The lowest BCUT2D eigenvalue weighted by Crippen LogP contribution is -2.27. The molecule has 1 atom stereocenters. The second-order valence-electron chi connectivity index (χ2n) is 3.44. The van der Waals surface area contributed by atoms with Crippen LogP contribution >= 0.6 is 11.3 Å². The van der Waals surface area contributed by atoms with Gasteiger partial charge >= 0.3 is 5.97 Å². The van der Waals surface area contributed by atoms with Crippen LogP contribution in [0.25, 0.3) is 0 Å². The van der Waals surface area contributed by atoms with Gasteiger partial charge in [-0.1, -0.05) is 13.0 Å². The topological polar surface area (TPSA) is 66.4 Å². The Morgan fingerprint density at radius 2 is 2.25 bits per heavy atom. The maximum absolute atomic E-state index is 11.4. The van der Waals surface area contributed by atoms with Crippen molar-refractivity contribution in [2.24, 2.45) is 0 Å². The Bertz CT molecular complexity index is 348. The number of carboxylic acid groups (broad SMARTS) is 1. The van der Waals surface area contributed by atoms with E-state index < -0.39 is 5.97 Å². The Morgan fingerprint density at radius 3 is 2.75 bits per heavy atom. The van der Waals surface area contributed by atoms with Crippen molar-refractivity contribution >= 4 is 23.2 Å². The number of rotatable bonds is 6. The maximum Gasteiger partial charge on any atom is 0.303 e. The van der Waals surface area contributed by atoms with Gasteiger partial charge in [0.2, 0.25) is 5.91 Å². The first kappa shape index (κ1) is 12.7. The summed E-state index contributed by atoms with van der Waals surface area (Å²) in [6, 6.07) is 3.91. The SMILES string of the molecule is CCC(NC(=O)CCC(=O)O)c1cccs1. The fourth-order valence-electron chi connectivity index (χ4n) is 1.35. The van der Waals surface area contributed by atoms with Gasteiger partial charge < -0.3 is 10.4 Å². The van der Waals surface area contributed by atoms with Crippen LogP contribution < -0.4 is 5.32 Å². The largest absolute Gasteiger partial charge is 0.481 e. The fourth-order valence-corrected chi connectivity index (χ4v) is 2.21. The van der Waals surface area contributed by atoms with Gasteiger partial charge in [-0.2, -0.15) is 0 Å². The third kappa shape index (κ3) is 4.02. The smallest absolute Gasteiger partial charge is 0.303 e. The van der Waals surface area contributed by atoms with Crippen molar-refractivity contribution in [2.75, 3.05) is 0 Å². The summed E-state index contributed by atoms with van der Waals surface area (Å²) < 4.78 is 0. The summed E-state index contributed by atoms with van der Waals surface area (Å²) in [4.78, 5) is 22.9. The van der Waals surface area contributed by atoms with Gasteiger partial charge in [0.15, 0.2) is 0 Å². The first-order valence-corrected chi connectivity index (χ1v) is 6.06. The molecule has 1 heterocycles. The van der Waals surface area contributed by atoms with E-state index in [0.29, 0.717) is 0 Å². The molecule has 1 unspecified atom stereocenters. The summed E-state index contributed by atoms with van der Waals surface area (Å²) in [5.41, 5.74) is 0. The van der Waals surface area contributed by atoms with Gasteiger partial charge in [-0.05, 0) is 17.9 Å². The fraction of sp³-hybridized carbons (Fsp3) is 0.455. The van der Waals surface area contributed by atoms with Crippen molar-refractivity contribution in [2.45, 2.75) is 32.2 Å². The zero-order chi connectivity index (χ0) is 12.0. The van der Waals surface area contributed by atoms with Crippen LogP contribution in [0, 0.1) is 0 Å². The second kappa shape index (κ2) is 6.27. The number of carbonyl (C=O) groups is 2. The zero-order valence-corrected chi connectivity index (χ0v) is 9.92. The molecule has 0 aliphatic heterocycles. The van der Waals surface area contributed by atoms with Crippen LogP contribution in [0.4, 0.5) is 0 Å². The molecule has 88 valence electrons. The Balaban J connectivity index is 2.45. The average molecular weight is 241 g/mol. The number of carboxylic acids is 1. The maximum atomic E-state index is 11.4. The van der Waals surface area contributed by atoms with Crippen LogP contribution in [0.2, 0.25) is 0 Å². The minimum Gasteiger partial charge on any atom is -0.481 e. The molecule has 1 rings (SSSR count). The van der Waals surface area contributed by atoms with Crippen LogP contribution in [0.15, 0.2) is 17.5 Å². The molecule has 1 aromatic heterocycles. The number of aliphatic carboxylic acids is 1. The van der Waals surface area contributed by atoms with E-state index in [1.54, 1.807) is 11.3 Å². The summed E-state index contributed by atoms with van der Waals surface area (Å²) in [7, 11) is 0. The number of hydrogen-bond donors (Lipinski definition) is 2. The van der Waals surface area contributed by atoms with Crippen molar-refractivity contribution in [1.29, 1.82) is 0 Å².